The Balaban J connectivity index is 2.16. The van der Waals surface area contributed by atoms with E-state index in [1.165, 1.54) is 11.7 Å². The van der Waals surface area contributed by atoms with E-state index in [0.29, 0.717) is 6.04 Å². The van der Waals surface area contributed by atoms with Crippen LogP contribution in [0.3, 0.4) is 0 Å². The van der Waals surface area contributed by atoms with Gasteiger partial charge in [0.25, 0.3) is 0 Å². The maximum absolute atomic E-state index is 4.30. The first kappa shape index (κ1) is 12.1. The van der Waals surface area contributed by atoms with Crippen molar-refractivity contribution in [3.05, 3.63) is 24.0 Å². The van der Waals surface area contributed by atoms with Crippen LogP contribution < -0.4 is 5.32 Å². The topological polar surface area (TPSA) is 68.5 Å². The molecule has 0 radical (unpaired) electrons. The van der Waals surface area contributed by atoms with Gasteiger partial charge in [-0.1, -0.05) is 0 Å². The number of rotatable bonds is 5. The smallest absolute Gasteiger partial charge is 0.138 e. The van der Waals surface area contributed by atoms with Crippen LogP contribution in [0.25, 0.3) is 0 Å². The second-order valence-corrected chi connectivity index (χ2v) is 4.65. The van der Waals surface area contributed by atoms with E-state index in [1.807, 2.05) is 11.7 Å². The van der Waals surface area contributed by atoms with Crippen LogP contribution in [0.15, 0.2) is 12.5 Å². The van der Waals surface area contributed by atoms with Gasteiger partial charge in [0.05, 0.1) is 29.7 Å². The largest absolute Gasteiger partial charge is 0.311 e. The maximum atomic E-state index is 4.30. The van der Waals surface area contributed by atoms with Crippen LogP contribution in [0, 0.1) is 0 Å². The summed E-state index contributed by atoms with van der Waals surface area (Å²) in [6.45, 7) is 4.19. The van der Waals surface area contributed by atoms with Gasteiger partial charge in [-0.05, 0) is 20.9 Å². The van der Waals surface area contributed by atoms with E-state index in [9.17, 15) is 0 Å². The zero-order valence-electron chi connectivity index (χ0n) is 10.2. The van der Waals surface area contributed by atoms with Crippen molar-refractivity contribution in [3.63, 3.8) is 0 Å². The number of nitrogens with one attached hydrogen (secondary N) is 1. The molecule has 6 nitrogen and oxygen atoms in total. The molecule has 1 N–H and O–H groups in total. The van der Waals surface area contributed by atoms with Gasteiger partial charge in [0.15, 0.2) is 0 Å². The standard InChI is InChI=1S/C10H16N6S/c1-7(2)16-10(12-6-13-16)4-8(11-3)9-5-14-17-15-9/h5-8,11H,4H2,1-3H3. The highest BCUT2D eigenvalue weighted by Gasteiger charge is 2.17. The van der Waals surface area contributed by atoms with Crippen molar-refractivity contribution in [3.8, 4) is 0 Å². The monoisotopic (exact) mass is 252 g/mol. The minimum Gasteiger partial charge on any atom is -0.311 e. The molecule has 7 heteroatoms. The Morgan fingerprint density at radius 3 is 2.88 bits per heavy atom. The molecule has 1 atom stereocenters. The average Bonchev–Trinajstić information content (AvgIpc) is 2.96. The zero-order valence-corrected chi connectivity index (χ0v) is 11.0. The highest BCUT2D eigenvalue weighted by molar-refractivity contribution is 6.99. The molecule has 17 heavy (non-hydrogen) atoms. The SMILES string of the molecule is CNC(Cc1ncnn1C(C)C)c1cnsn1. The molecule has 0 aliphatic heterocycles. The van der Waals surface area contributed by atoms with Crippen LogP contribution in [-0.4, -0.2) is 30.6 Å². The molecule has 0 aliphatic rings. The normalized spacial score (nSPS) is 13.2. The number of hydrogen-bond acceptors (Lipinski definition) is 6. The van der Waals surface area contributed by atoms with Crippen molar-refractivity contribution >= 4 is 11.7 Å². The lowest BCUT2D eigenvalue weighted by Gasteiger charge is -2.15. The third-order valence-electron chi connectivity index (χ3n) is 2.61. The fourth-order valence-corrected chi connectivity index (χ4v) is 2.18. The van der Waals surface area contributed by atoms with Gasteiger partial charge in [0.2, 0.25) is 0 Å². The van der Waals surface area contributed by atoms with E-state index < -0.39 is 0 Å². The van der Waals surface area contributed by atoms with E-state index in [1.54, 1.807) is 12.5 Å². The number of likely N-dealkylation sites (N-methyl/N-ethyl adjacent to an activating group) is 1. The zero-order chi connectivity index (χ0) is 12.3. The van der Waals surface area contributed by atoms with Gasteiger partial charge >= 0.3 is 0 Å². The molecular formula is C10H16N6S. The quantitative estimate of drug-likeness (QED) is 0.866. The molecular weight excluding hydrogens is 236 g/mol. The van der Waals surface area contributed by atoms with Crippen molar-refractivity contribution in [2.45, 2.75) is 32.4 Å². The predicted molar refractivity (Wildman–Crippen MR) is 65.8 cm³/mol. The van der Waals surface area contributed by atoms with Gasteiger partial charge in [0.1, 0.15) is 12.2 Å². The molecule has 0 aromatic carbocycles. The van der Waals surface area contributed by atoms with Crippen molar-refractivity contribution in [2.24, 2.45) is 0 Å². The summed E-state index contributed by atoms with van der Waals surface area (Å²) < 4.78 is 10.2. The summed E-state index contributed by atoms with van der Waals surface area (Å²) in [4.78, 5) is 4.30. The lowest BCUT2D eigenvalue weighted by atomic mass is 10.1. The molecule has 0 bridgehead atoms. The third-order valence-corrected chi connectivity index (χ3v) is 3.10. The molecule has 0 amide bonds. The Bertz CT molecular complexity index is 449. The lowest BCUT2D eigenvalue weighted by molar-refractivity contribution is 0.475. The Morgan fingerprint density at radius 2 is 2.29 bits per heavy atom. The minimum absolute atomic E-state index is 0.135. The Morgan fingerprint density at radius 1 is 1.47 bits per heavy atom. The van der Waals surface area contributed by atoms with Crippen LogP contribution in [0.4, 0.5) is 0 Å². The first-order valence-corrected chi connectivity index (χ1v) is 6.28. The predicted octanol–water partition coefficient (Wildman–Crippen LogP) is 1.21. The van der Waals surface area contributed by atoms with Crippen LogP contribution in [0.5, 0.6) is 0 Å². The molecule has 0 fully saturated rings. The average molecular weight is 252 g/mol. The molecule has 0 spiro atoms. The minimum atomic E-state index is 0.135. The molecule has 2 aromatic heterocycles. The van der Waals surface area contributed by atoms with Gasteiger partial charge < -0.3 is 5.32 Å². The van der Waals surface area contributed by atoms with E-state index in [4.69, 9.17) is 0 Å². The summed E-state index contributed by atoms with van der Waals surface area (Å²) in [7, 11) is 1.92. The third kappa shape index (κ3) is 2.67. The van der Waals surface area contributed by atoms with E-state index in [0.717, 1.165) is 17.9 Å². The highest BCUT2D eigenvalue weighted by Crippen LogP contribution is 2.16. The second-order valence-electron chi connectivity index (χ2n) is 4.09. The van der Waals surface area contributed by atoms with Gasteiger partial charge in [-0.3, -0.25) is 0 Å². The van der Waals surface area contributed by atoms with Crippen LogP contribution in [0.2, 0.25) is 0 Å². The number of nitrogens with zero attached hydrogens (tertiary/aromatic N) is 5. The summed E-state index contributed by atoms with van der Waals surface area (Å²) in [5.41, 5.74) is 0.954. The first-order chi connectivity index (χ1) is 8.22. The van der Waals surface area contributed by atoms with Gasteiger partial charge in [0, 0.05) is 12.5 Å². The summed E-state index contributed by atoms with van der Waals surface area (Å²) in [6.07, 6.45) is 4.16. The molecule has 2 rings (SSSR count). The van der Waals surface area contributed by atoms with Crippen molar-refractivity contribution in [1.82, 2.24) is 28.8 Å². The molecule has 2 aromatic rings. The van der Waals surface area contributed by atoms with Crippen molar-refractivity contribution in [1.29, 1.82) is 0 Å². The van der Waals surface area contributed by atoms with Crippen LogP contribution in [-0.2, 0) is 6.42 Å². The fourth-order valence-electron chi connectivity index (χ4n) is 1.71. The first-order valence-electron chi connectivity index (χ1n) is 5.55. The number of hydrogen-bond donors (Lipinski definition) is 1. The molecule has 2 heterocycles. The van der Waals surface area contributed by atoms with E-state index in [2.05, 4.69) is 38.0 Å². The van der Waals surface area contributed by atoms with Crippen LogP contribution in [0.1, 0.15) is 37.4 Å². The van der Waals surface area contributed by atoms with Crippen LogP contribution >= 0.6 is 11.7 Å². The van der Waals surface area contributed by atoms with Crippen molar-refractivity contribution in [2.75, 3.05) is 7.05 Å². The molecule has 0 aliphatic carbocycles. The Labute approximate surface area is 104 Å². The summed E-state index contributed by atoms with van der Waals surface area (Å²) >= 11 is 1.22. The van der Waals surface area contributed by atoms with Gasteiger partial charge in [-0.2, -0.15) is 13.8 Å². The fraction of sp³-hybridized carbons (Fsp3) is 0.600. The van der Waals surface area contributed by atoms with Crippen molar-refractivity contribution < 1.29 is 0 Å². The highest BCUT2D eigenvalue weighted by atomic mass is 32.1. The Hall–Kier alpha value is -1.34. The Kier molecular flexibility index (Phi) is 3.80. The van der Waals surface area contributed by atoms with E-state index in [-0.39, 0.29) is 6.04 Å². The lowest BCUT2D eigenvalue weighted by Crippen LogP contribution is -2.22. The maximum Gasteiger partial charge on any atom is 0.138 e. The second kappa shape index (κ2) is 5.33. The summed E-state index contributed by atoms with van der Waals surface area (Å²) in [5, 5.41) is 7.46. The molecule has 92 valence electrons. The summed E-state index contributed by atoms with van der Waals surface area (Å²) in [5.74, 6) is 0.965. The van der Waals surface area contributed by atoms with E-state index >= 15 is 0 Å². The van der Waals surface area contributed by atoms with Gasteiger partial charge in [-0.25, -0.2) is 9.67 Å². The molecule has 1 unspecified atom stereocenters. The summed E-state index contributed by atoms with van der Waals surface area (Å²) in [6, 6.07) is 0.453. The van der Waals surface area contributed by atoms with Gasteiger partial charge in [-0.15, -0.1) is 0 Å². The molecule has 0 saturated heterocycles. The molecule has 0 saturated carbocycles. The number of aromatic nitrogens is 5.